The molecule has 0 radical (unpaired) electrons. The number of esters is 1. The van der Waals surface area contributed by atoms with Crippen LogP contribution in [0.3, 0.4) is 0 Å². The van der Waals surface area contributed by atoms with Gasteiger partial charge in [0, 0.05) is 0 Å². The summed E-state index contributed by atoms with van der Waals surface area (Å²) >= 11 is 0. The Labute approximate surface area is 241 Å². The molecule has 0 fully saturated rings. The fourth-order valence-electron chi connectivity index (χ4n) is 2.07. The van der Waals surface area contributed by atoms with Crippen LogP contribution in [-0.4, -0.2) is 28.5 Å². The first-order valence-corrected chi connectivity index (χ1v) is 9.24. The van der Waals surface area contributed by atoms with Gasteiger partial charge in [0.15, 0.2) is 0 Å². The Bertz CT molecular complexity index is 731. The van der Waals surface area contributed by atoms with Crippen LogP contribution in [0.4, 0.5) is 0 Å². The maximum absolute atomic E-state index is 11.2. The van der Waals surface area contributed by atoms with Gasteiger partial charge in [0.25, 0.3) is 0 Å². The van der Waals surface area contributed by atoms with E-state index in [0.717, 1.165) is 17.1 Å². The number of hydrogen-bond acceptors (Lipinski definition) is 4. The fourth-order valence-corrected chi connectivity index (χ4v) is 2.49. The molecule has 0 unspecified atom stereocenters. The van der Waals surface area contributed by atoms with E-state index in [2.05, 4.69) is 0 Å². The molecule has 26 heavy (non-hydrogen) atoms. The summed E-state index contributed by atoms with van der Waals surface area (Å²) in [6.07, 6.45) is 0.338. The van der Waals surface area contributed by atoms with Crippen molar-refractivity contribution in [3.63, 3.8) is 0 Å². The zero-order chi connectivity index (χ0) is 17.4. The molecule has 2 rings (SSSR count). The van der Waals surface area contributed by atoms with Crippen molar-refractivity contribution in [2.75, 3.05) is 12.8 Å². The molecule has 6 nitrogen and oxygen atoms in total. The third-order valence-electron chi connectivity index (χ3n) is 3.09. The first-order chi connectivity index (χ1) is 11.4. The number of carbonyl (C=O) groups is 1. The van der Waals surface area contributed by atoms with E-state index in [4.69, 9.17) is 19.3 Å². The van der Waals surface area contributed by atoms with Gasteiger partial charge < -0.3 is 22.1 Å². The van der Waals surface area contributed by atoms with E-state index in [-0.39, 0.29) is 112 Å². The van der Waals surface area contributed by atoms with Crippen LogP contribution in [0.25, 0.3) is 0 Å². The van der Waals surface area contributed by atoms with Crippen LogP contribution in [0.1, 0.15) is 14.8 Å². The van der Waals surface area contributed by atoms with Crippen LogP contribution in [0, 0.1) is 0 Å². The second-order valence-electron chi connectivity index (χ2n) is 5.21. The number of benzene rings is 2. The standard InChI is InChI=1S/C17H19O6P.2K.2H/c18-17(13-24(19,20)21)22-11-5-7-14-6-4-10-16(12-14)23-15-8-2-1-3-9-15;;;;/h1-4,6,8-10,12H,5,7,11,13H2,(H2,19,20,21);;;;/q;2*+1;2*-1. The van der Waals surface area contributed by atoms with Crippen molar-refractivity contribution in [2.24, 2.45) is 0 Å². The molecule has 2 N–H and O–H groups in total. The van der Waals surface area contributed by atoms with E-state index < -0.39 is 19.7 Å². The first kappa shape index (κ1) is 27.1. The molecule has 0 spiro atoms. The Morgan fingerprint density at radius 2 is 1.65 bits per heavy atom. The third-order valence-corrected chi connectivity index (χ3v) is 3.76. The monoisotopic (exact) mass is 430 g/mol. The molecule has 0 atom stereocenters. The number of aryl methyl sites for hydroxylation is 1. The molecule has 0 aliphatic heterocycles. The van der Waals surface area contributed by atoms with Gasteiger partial charge >= 0.3 is 116 Å². The molecule has 0 aromatic heterocycles. The molecular weight excluding hydrogens is 409 g/mol. The number of rotatable bonds is 8. The van der Waals surface area contributed by atoms with Gasteiger partial charge in [0.05, 0.1) is 6.61 Å². The second-order valence-corrected chi connectivity index (χ2v) is 6.85. The molecule has 2 aromatic rings. The maximum atomic E-state index is 11.2. The van der Waals surface area contributed by atoms with Gasteiger partial charge in [0.1, 0.15) is 17.7 Å². The van der Waals surface area contributed by atoms with Crippen LogP contribution < -0.4 is 108 Å². The Hall–Kier alpha value is 1.13. The van der Waals surface area contributed by atoms with Crippen LogP contribution in [-0.2, 0) is 20.5 Å². The van der Waals surface area contributed by atoms with Gasteiger partial charge in [-0.15, -0.1) is 0 Å². The van der Waals surface area contributed by atoms with E-state index in [9.17, 15) is 9.36 Å². The van der Waals surface area contributed by atoms with E-state index in [1.807, 2.05) is 54.6 Å². The van der Waals surface area contributed by atoms with Gasteiger partial charge in [0.2, 0.25) is 0 Å². The Morgan fingerprint density at radius 1 is 1.00 bits per heavy atom. The third kappa shape index (κ3) is 11.9. The Kier molecular flexibility index (Phi) is 14.8. The normalized spacial score (nSPS) is 10.2. The summed E-state index contributed by atoms with van der Waals surface area (Å²) in [5.41, 5.74) is 1.02. The number of para-hydroxylation sites is 1. The molecule has 0 saturated carbocycles. The van der Waals surface area contributed by atoms with Crippen molar-refractivity contribution >= 4 is 13.6 Å². The van der Waals surface area contributed by atoms with Crippen molar-refractivity contribution in [1.29, 1.82) is 0 Å². The Balaban J connectivity index is -0.00000156. The zero-order valence-electron chi connectivity index (χ0n) is 17.0. The van der Waals surface area contributed by atoms with Gasteiger partial charge in [-0.3, -0.25) is 9.36 Å². The molecule has 2 aromatic carbocycles. The number of carbonyl (C=O) groups excluding carboxylic acids is 1. The van der Waals surface area contributed by atoms with Gasteiger partial charge in [-0.1, -0.05) is 30.3 Å². The quantitative estimate of drug-likeness (QED) is 0.206. The smallest absolute Gasteiger partial charge is 1.00 e. The average Bonchev–Trinajstić information content (AvgIpc) is 2.51. The summed E-state index contributed by atoms with van der Waals surface area (Å²) in [5.74, 6) is 0.586. The van der Waals surface area contributed by atoms with Crippen LogP contribution in [0.2, 0.25) is 0 Å². The van der Waals surface area contributed by atoms with Gasteiger partial charge in [-0.25, -0.2) is 0 Å². The summed E-state index contributed by atoms with van der Waals surface area (Å²) in [6, 6.07) is 17.0. The molecule has 0 aliphatic rings. The van der Waals surface area contributed by atoms with Gasteiger partial charge in [-0.05, 0) is 42.7 Å². The van der Waals surface area contributed by atoms with E-state index in [0.29, 0.717) is 12.8 Å². The van der Waals surface area contributed by atoms with Crippen molar-refractivity contribution in [3.8, 4) is 11.5 Å². The first-order valence-electron chi connectivity index (χ1n) is 7.44. The van der Waals surface area contributed by atoms with Gasteiger partial charge in [-0.2, -0.15) is 0 Å². The maximum Gasteiger partial charge on any atom is 1.00 e. The average molecular weight is 431 g/mol. The molecule has 0 saturated heterocycles. The minimum Gasteiger partial charge on any atom is -1.00 e. The van der Waals surface area contributed by atoms with Crippen molar-refractivity contribution < 1.29 is 134 Å². The van der Waals surface area contributed by atoms with Crippen LogP contribution in [0.5, 0.6) is 11.5 Å². The predicted octanol–water partition coefficient (Wildman–Crippen LogP) is -2.63. The molecule has 9 heteroatoms. The molecule has 0 heterocycles. The molecule has 132 valence electrons. The van der Waals surface area contributed by atoms with Crippen molar-refractivity contribution in [1.82, 2.24) is 0 Å². The summed E-state index contributed by atoms with van der Waals surface area (Å²) in [5, 5.41) is 0. The van der Waals surface area contributed by atoms with E-state index in [1.165, 1.54) is 0 Å². The van der Waals surface area contributed by atoms with Crippen molar-refractivity contribution in [2.45, 2.75) is 12.8 Å². The summed E-state index contributed by atoms with van der Waals surface area (Å²) in [7, 11) is -4.36. The van der Waals surface area contributed by atoms with Crippen molar-refractivity contribution in [3.05, 3.63) is 60.2 Å². The molecular formula is C17H21K2O6P. The minimum absolute atomic E-state index is 0. The number of ether oxygens (including phenoxy) is 2. The molecule has 0 amide bonds. The SMILES string of the molecule is O=C(CP(=O)(O)O)OCCCc1cccc(Oc2ccccc2)c1.[H-].[H-].[K+].[K+]. The van der Waals surface area contributed by atoms with E-state index in [1.54, 1.807) is 0 Å². The summed E-state index contributed by atoms with van der Waals surface area (Å²) in [6.45, 7) is 0.114. The second kappa shape index (κ2) is 14.2. The minimum atomic E-state index is -4.36. The summed E-state index contributed by atoms with van der Waals surface area (Å²) in [4.78, 5) is 28.5. The van der Waals surface area contributed by atoms with Crippen LogP contribution >= 0.6 is 7.60 Å². The zero-order valence-corrected chi connectivity index (χ0v) is 22.1. The predicted molar refractivity (Wildman–Crippen MR) is 91.4 cm³/mol. The molecule has 0 bridgehead atoms. The largest absolute Gasteiger partial charge is 1.00 e. The van der Waals surface area contributed by atoms with E-state index >= 15 is 0 Å². The Morgan fingerprint density at radius 3 is 2.31 bits per heavy atom. The fraction of sp³-hybridized carbons (Fsp3) is 0.235. The topological polar surface area (TPSA) is 93.1 Å². The molecule has 0 aliphatic carbocycles. The summed E-state index contributed by atoms with van der Waals surface area (Å²) < 4.78 is 21.2. The number of hydrogen-bond donors (Lipinski definition) is 2. The van der Waals surface area contributed by atoms with Crippen LogP contribution in [0.15, 0.2) is 54.6 Å².